The molecule has 17 heavy (non-hydrogen) atoms. The van der Waals surface area contributed by atoms with Gasteiger partial charge in [-0.15, -0.1) is 0 Å². The maximum absolute atomic E-state index is 10.9. The van der Waals surface area contributed by atoms with Gasteiger partial charge in [-0.3, -0.25) is 4.79 Å². The molecule has 2 aromatic carbocycles. The van der Waals surface area contributed by atoms with Crippen LogP contribution in [0.3, 0.4) is 0 Å². The van der Waals surface area contributed by atoms with Crippen LogP contribution in [0.2, 0.25) is 0 Å². The maximum Gasteiger partial charge on any atom is 0.310 e. The monoisotopic (exact) mass is 230 g/mol. The second-order valence-corrected chi connectivity index (χ2v) is 3.63. The fraction of sp³-hybridized carbons (Fsp3) is 0.267. The van der Waals surface area contributed by atoms with Crippen molar-refractivity contribution in [3.05, 3.63) is 48.0 Å². The van der Waals surface area contributed by atoms with E-state index in [1.807, 2.05) is 56.3 Å². The number of fused-ring (bicyclic) bond motifs is 1. The Hall–Kier alpha value is -1.83. The Morgan fingerprint density at radius 3 is 2.29 bits per heavy atom. The molecule has 1 atom stereocenters. The normalized spacial score (nSPS) is 11.5. The van der Waals surface area contributed by atoms with Crippen molar-refractivity contribution in [3.63, 3.8) is 0 Å². The molecule has 0 aliphatic heterocycles. The van der Waals surface area contributed by atoms with Crippen molar-refractivity contribution in [2.24, 2.45) is 0 Å². The van der Waals surface area contributed by atoms with Crippen LogP contribution in [0.4, 0.5) is 0 Å². The lowest BCUT2D eigenvalue weighted by molar-refractivity contribution is -0.138. The SMILES string of the molecule is CC.CC(C(=O)O)c1cccc2ccccc12. The van der Waals surface area contributed by atoms with Crippen molar-refractivity contribution >= 4 is 16.7 Å². The number of rotatable bonds is 2. The first-order chi connectivity index (χ1) is 8.20. The molecule has 0 aliphatic rings. The largest absolute Gasteiger partial charge is 0.481 e. The van der Waals surface area contributed by atoms with E-state index in [1.54, 1.807) is 6.92 Å². The second kappa shape index (κ2) is 6.04. The standard InChI is InChI=1S/C13H12O2.C2H6/c1-9(13(14)15)11-8-4-6-10-5-2-3-7-12(10)11;1-2/h2-9H,1H3,(H,14,15);1-2H3. The highest BCUT2D eigenvalue weighted by Gasteiger charge is 2.15. The van der Waals surface area contributed by atoms with Crippen molar-refractivity contribution in [2.75, 3.05) is 0 Å². The summed E-state index contributed by atoms with van der Waals surface area (Å²) in [6, 6.07) is 13.6. The van der Waals surface area contributed by atoms with Crippen molar-refractivity contribution in [1.82, 2.24) is 0 Å². The summed E-state index contributed by atoms with van der Waals surface area (Å²) < 4.78 is 0. The zero-order valence-electron chi connectivity index (χ0n) is 10.5. The van der Waals surface area contributed by atoms with Crippen LogP contribution in [0.25, 0.3) is 10.8 Å². The summed E-state index contributed by atoms with van der Waals surface area (Å²) in [6.07, 6.45) is 0. The molecule has 0 fully saturated rings. The topological polar surface area (TPSA) is 37.3 Å². The van der Waals surface area contributed by atoms with E-state index < -0.39 is 11.9 Å². The zero-order chi connectivity index (χ0) is 12.8. The van der Waals surface area contributed by atoms with Gasteiger partial charge in [0.25, 0.3) is 0 Å². The van der Waals surface area contributed by atoms with Crippen LogP contribution in [-0.2, 0) is 4.79 Å². The Morgan fingerprint density at radius 2 is 1.65 bits per heavy atom. The quantitative estimate of drug-likeness (QED) is 0.844. The maximum atomic E-state index is 10.9. The van der Waals surface area contributed by atoms with Crippen molar-refractivity contribution in [2.45, 2.75) is 26.7 Å². The average molecular weight is 230 g/mol. The van der Waals surface area contributed by atoms with Crippen LogP contribution < -0.4 is 0 Å². The first-order valence-electron chi connectivity index (χ1n) is 5.90. The summed E-state index contributed by atoms with van der Waals surface area (Å²) >= 11 is 0. The Balaban J connectivity index is 0.000000686. The van der Waals surface area contributed by atoms with Crippen LogP contribution in [0, 0.1) is 0 Å². The number of carboxylic acid groups (broad SMARTS) is 1. The first kappa shape index (κ1) is 13.2. The highest BCUT2D eigenvalue weighted by Crippen LogP contribution is 2.25. The molecule has 2 rings (SSSR count). The molecule has 0 amide bonds. The molecule has 0 spiro atoms. The van der Waals surface area contributed by atoms with Gasteiger partial charge in [-0.05, 0) is 23.3 Å². The molecule has 90 valence electrons. The molecule has 0 radical (unpaired) electrons. The number of carbonyl (C=O) groups is 1. The van der Waals surface area contributed by atoms with E-state index >= 15 is 0 Å². The molecule has 0 heterocycles. The number of carboxylic acids is 1. The third-order valence-corrected chi connectivity index (χ3v) is 2.66. The lowest BCUT2D eigenvalue weighted by atomic mass is 9.95. The fourth-order valence-corrected chi connectivity index (χ4v) is 1.76. The molecule has 1 unspecified atom stereocenters. The number of aliphatic carboxylic acids is 1. The van der Waals surface area contributed by atoms with Gasteiger partial charge in [0.1, 0.15) is 0 Å². The first-order valence-corrected chi connectivity index (χ1v) is 5.90. The highest BCUT2D eigenvalue weighted by atomic mass is 16.4. The van der Waals surface area contributed by atoms with E-state index in [4.69, 9.17) is 5.11 Å². The average Bonchev–Trinajstić information content (AvgIpc) is 2.39. The Bertz CT molecular complexity index is 498. The van der Waals surface area contributed by atoms with E-state index in [2.05, 4.69) is 0 Å². The molecular weight excluding hydrogens is 212 g/mol. The van der Waals surface area contributed by atoms with Crippen molar-refractivity contribution < 1.29 is 9.90 Å². The van der Waals surface area contributed by atoms with Gasteiger partial charge in [0, 0.05) is 0 Å². The third kappa shape index (κ3) is 2.84. The van der Waals surface area contributed by atoms with Gasteiger partial charge < -0.3 is 5.11 Å². The van der Waals surface area contributed by atoms with Gasteiger partial charge in [-0.2, -0.15) is 0 Å². The lowest BCUT2D eigenvalue weighted by Gasteiger charge is -2.09. The van der Waals surface area contributed by atoms with Crippen molar-refractivity contribution in [3.8, 4) is 0 Å². The van der Waals surface area contributed by atoms with Crippen LogP contribution in [0.15, 0.2) is 42.5 Å². The Morgan fingerprint density at radius 1 is 1.06 bits per heavy atom. The minimum atomic E-state index is -0.786. The minimum Gasteiger partial charge on any atom is -0.481 e. The predicted octanol–water partition coefficient (Wildman–Crippen LogP) is 4.05. The minimum absolute atomic E-state index is 0.462. The summed E-state index contributed by atoms with van der Waals surface area (Å²) in [7, 11) is 0. The van der Waals surface area contributed by atoms with Gasteiger partial charge in [0.05, 0.1) is 5.92 Å². The smallest absolute Gasteiger partial charge is 0.310 e. The van der Waals surface area contributed by atoms with E-state index in [1.165, 1.54) is 0 Å². The zero-order valence-corrected chi connectivity index (χ0v) is 10.5. The predicted molar refractivity (Wildman–Crippen MR) is 71.3 cm³/mol. The van der Waals surface area contributed by atoms with Crippen LogP contribution in [0.5, 0.6) is 0 Å². The van der Waals surface area contributed by atoms with Gasteiger partial charge in [-0.1, -0.05) is 56.3 Å². The van der Waals surface area contributed by atoms with E-state index in [9.17, 15) is 4.79 Å². The van der Waals surface area contributed by atoms with E-state index in [0.717, 1.165) is 16.3 Å². The molecule has 0 bridgehead atoms. The molecule has 2 nitrogen and oxygen atoms in total. The van der Waals surface area contributed by atoms with Crippen LogP contribution in [-0.4, -0.2) is 11.1 Å². The summed E-state index contributed by atoms with van der Waals surface area (Å²) in [4.78, 5) is 10.9. The molecule has 2 heteroatoms. The highest BCUT2D eigenvalue weighted by molar-refractivity contribution is 5.90. The third-order valence-electron chi connectivity index (χ3n) is 2.66. The second-order valence-electron chi connectivity index (χ2n) is 3.63. The number of hydrogen-bond donors (Lipinski definition) is 1. The lowest BCUT2D eigenvalue weighted by Crippen LogP contribution is -2.07. The number of benzene rings is 2. The summed E-state index contributed by atoms with van der Waals surface area (Å²) in [5.41, 5.74) is 0.876. The van der Waals surface area contributed by atoms with E-state index in [-0.39, 0.29) is 0 Å². The Labute approximate surface area is 102 Å². The van der Waals surface area contributed by atoms with Gasteiger partial charge in [0.2, 0.25) is 0 Å². The summed E-state index contributed by atoms with van der Waals surface area (Å²) in [6.45, 7) is 5.71. The van der Waals surface area contributed by atoms with Crippen molar-refractivity contribution in [1.29, 1.82) is 0 Å². The van der Waals surface area contributed by atoms with Crippen LogP contribution in [0.1, 0.15) is 32.3 Å². The molecule has 2 aromatic rings. The molecule has 0 saturated heterocycles. The molecule has 1 N–H and O–H groups in total. The van der Waals surface area contributed by atoms with Crippen LogP contribution >= 0.6 is 0 Å². The summed E-state index contributed by atoms with van der Waals surface area (Å²) in [5, 5.41) is 11.1. The number of hydrogen-bond acceptors (Lipinski definition) is 1. The molecule has 0 saturated carbocycles. The molecule has 0 aromatic heterocycles. The fourth-order valence-electron chi connectivity index (χ4n) is 1.76. The van der Waals surface area contributed by atoms with E-state index in [0.29, 0.717) is 0 Å². The van der Waals surface area contributed by atoms with Gasteiger partial charge in [0.15, 0.2) is 0 Å². The Kier molecular flexibility index (Phi) is 4.70. The van der Waals surface area contributed by atoms with Gasteiger partial charge in [-0.25, -0.2) is 0 Å². The molecular formula is C15H18O2. The molecule has 0 aliphatic carbocycles. The summed E-state index contributed by atoms with van der Waals surface area (Å²) in [5.74, 6) is -1.25. The van der Waals surface area contributed by atoms with Gasteiger partial charge >= 0.3 is 5.97 Å².